The molecule has 0 radical (unpaired) electrons. The highest BCUT2D eigenvalue weighted by atomic mass is 35.5. The summed E-state index contributed by atoms with van der Waals surface area (Å²) in [4.78, 5) is 12.3. The van der Waals surface area contributed by atoms with Gasteiger partial charge in [-0.05, 0) is 72.0 Å². The zero-order valence-corrected chi connectivity index (χ0v) is 14.4. The second kappa shape index (κ2) is 6.14. The van der Waals surface area contributed by atoms with Crippen molar-refractivity contribution in [1.82, 2.24) is 25.1 Å². The van der Waals surface area contributed by atoms with Crippen LogP contribution in [0.4, 0.5) is 0 Å². The number of halogens is 1. The van der Waals surface area contributed by atoms with Gasteiger partial charge in [0.25, 0.3) is 0 Å². The standard InChI is InChI=1S/C18H14ClN5O/c1-10-7-13(12-3-5-20-6-4-12)8-11(2)15(10)25-17-14-9-21-24-16(14)22-18(19)23-17/h3-9H,1-2H3,(H,21,22,23,24). The quantitative estimate of drug-likeness (QED) is 0.551. The summed E-state index contributed by atoms with van der Waals surface area (Å²) in [6.45, 7) is 4.00. The molecule has 6 nitrogen and oxygen atoms in total. The number of pyridine rings is 1. The molecule has 3 heterocycles. The van der Waals surface area contributed by atoms with E-state index in [9.17, 15) is 0 Å². The van der Waals surface area contributed by atoms with Crippen molar-refractivity contribution in [2.24, 2.45) is 0 Å². The maximum Gasteiger partial charge on any atom is 0.234 e. The molecular formula is C18H14ClN5O. The van der Waals surface area contributed by atoms with E-state index in [1.807, 2.05) is 26.0 Å². The molecule has 0 atom stereocenters. The van der Waals surface area contributed by atoms with Crippen LogP contribution in [0.1, 0.15) is 11.1 Å². The Hall–Kier alpha value is -2.99. The van der Waals surface area contributed by atoms with Crippen molar-refractivity contribution in [2.75, 3.05) is 0 Å². The molecule has 4 rings (SSSR count). The number of ether oxygens (including phenoxy) is 1. The van der Waals surface area contributed by atoms with Gasteiger partial charge in [0.05, 0.1) is 6.20 Å². The average molecular weight is 352 g/mol. The van der Waals surface area contributed by atoms with Crippen molar-refractivity contribution in [3.05, 3.63) is 59.3 Å². The summed E-state index contributed by atoms with van der Waals surface area (Å²) in [6.07, 6.45) is 5.18. The summed E-state index contributed by atoms with van der Waals surface area (Å²) in [7, 11) is 0. The van der Waals surface area contributed by atoms with Gasteiger partial charge in [-0.15, -0.1) is 0 Å². The molecule has 124 valence electrons. The molecule has 0 aliphatic carbocycles. The summed E-state index contributed by atoms with van der Waals surface area (Å²) in [6, 6.07) is 8.11. The summed E-state index contributed by atoms with van der Waals surface area (Å²) in [5, 5.41) is 7.53. The van der Waals surface area contributed by atoms with E-state index in [-0.39, 0.29) is 5.28 Å². The van der Waals surface area contributed by atoms with E-state index < -0.39 is 0 Å². The van der Waals surface area contributed by atoms with Crippen LogP contribution in [0.3, 0.4) is 0 Å². The maximum atomic E-state index is 6.08. The monoisotopic (exact) mass is 351 g/mol. The number of aromatic nitrogens is 5. The van der Waals surface area contributed by atoms with Gasteiger partial charge in [0.2, 0.25) is 11.2 Å². The van der Waals surface area contributed by atoms with Crippen molar-refractivity contribution < 1.29 is 4.74 Å². The van der Waals surface area contributed by atoms with Gasteiger partial charge in [-0.2, -0.15) is 15.1 Å². The van der Waals surface area contributed by atoms with Crippen LogP contribution in [-0.4, -0.2) is 25.1 Å². The van der Waals surface area contributed by atoms with E-state index >= 15 is 0 Å². The number of nitrogens with one attached hydrogen (secondary N) is 1. The molecule has 1 N–H and O–H groups in total. The van der Waals surface area contributed by atoms with E-state index in [0.29, 0.717) is 16.9 Å². The molecule has 0 fully saturated rings. The van der Waals surface area contributed by atoms with Gasteiger partial charge < -0.3 is 4.74 Å². The second-order valence-corrected chi connectivity index (χ2v) is 6.05. The van der Waals surface area contributed by atoms with Crippen molar-refractivity contribution in [3.63, 3.8) is 0 Å². The number of H-pyrrole nitrogens is 1. The van der Waals surface area contributed by atoms with E-state index in [2.05, 4.69) is 37.3 Å². The molecule has 0 saturated carbocycles. The smallest absolute Gasteiger partial charge is 0.234 e. The Kier molecular flexibility index (Phi) is 3.82. The van der Waals surface area contributed by atoms with Gasteiger partial charge in [-0.3, -0.25) is 10.1 Å². The number of rotatable bonds is 3. The Morgan fingerprint density at radius 3 is 2.44 bits per heavy atom. The minimum Gasteiger partial charge on any atom is -0.438 e. The zero-order chi connectivity index (χ0) is 17.4. The van der Waals surface area contributed by atoms with E-state index in [0.717, 1.165) is 28.0 Å². The van der Waals surface area contributed by atoms with Crippen LogP contribution in [0.5, 0.6) is 11.6 Å². The minimum atomic E-state index is 0.107. The minimum absolute atomic E-state index is 0.107. The van der Waals surface area contributed by atoms with E-state index in [4.69, 9.17) is 16.3 Å². The third kappa shape index (κ3) is 2.92. The Labute approximate surface area is 148 Å². The molecule has 0 aliphatic rings. The molecule has 0 unspecified atom stereocenters. The first-order valence-electron chi connectivity index (χ1n) is 7.68. The Morgan fingerprint density at radius 2 is 1.72 bits per heavy atom. The highest BCUT2D eigenvalue weighted by Crippen LogP contribution is 2.34. The highest BCUT2D eigenvalue weighted by molar-refractivity contribution is 6.28. The van der Waals surface area contributed by atoms with Gasteiger partial charge in [0.15, 0.2) is 5.65 Å². The molecule has 25 heavy (non-hydrogen) atoms. The fraction of sp³-hybridized carbons (Fsp3) is 0.111. The number of hydrogen-bond donors (Lipinski definition) is 1. The van der Waals surface area contributed by atoms with Gasteiger partial charge in [0, 0.05) is 12.4 Å². The largest absolute Gasteiger partial charge is 0.438 e. The summed E-state index contributed by atoms with van der Waals surface area (Å²) < 4.78 is 6.08. The lowest BCUT2D eigenvalue weighted by atomic mass is 10.0. The molecule has 4 aromatic rings. The highest BCUT2D eigenvalue weighted by Gasteiger charge is 2.14. The number of aryl methyl sites for hydroxylation is 2. The van der Waals surface area contributed by atoms with Crippen LogP contribution in [0.15, 0.2) is 42.9 Å². The fourth-order valence-corrected chi connectivity index (χ4v) is 2.94. The normalized spacial score (nSPS) is 11.0. The predicted molar refractivity (Wildman–Crippen MR) is 95.9 cm³/mol. The van der Waals surface area contributed by atoms with Crippen LogP contribution in [0.2, 0.25) is 5.28 Å². The molecular weight excluding hydrogens is 338 g/mol. The lowest BCUT2D eigenvalue weighted by Gasteiger charge is -2.14. The predicted octanol–water partition coefficient (Wildman–Crippen LogP) is 4.48. The molecule has 7 heteroatoms. The second-order valence-electron chi connectivity index (χ2n) is 5.71. The Morgan fingerprint density at radius 1 is 1.00 bits per heavy atom. The van der Waals surface area contributed by atoms with Crippen LogP contribution in [0.25, 0.3) is 22.2 Å². The first kappa shape index (κ1) is 15.5. The van der Waals surface area contributed by atoms with Crippen molar-refractivity contribution in [3.8, 4) is 22.8 Å². The van der Waals surface area contributed by atoms with Crippen molar-refractivity contribution in [1.29, 1.82) is 0 Å². The molecule has 1 aromatic carbocycles. The van der Waals surface area contributed by atoms with Crippen LogP contribution < -0.4 is 4.74 Å². The number of fused-ring (bicyclic) bond motifs is 1. The number of nitrogens with zero attached hydrogens (tertiary/aromatic N) is 4. The summed E-state index contributed by atoms with van der Waals surface area (Å²) in [5.41, 5.74) is 4.75. The fourth-order valence-electron chi connectivity index (χ4n) is 2.78. The summed E-state index contributed by atoms with van der Waals surface area (Å²) >= 11 is 5.98. The van der Waals surface area contributed by atoms with E-state index in [1.54, 1.807) is 18.6 Å². The van der Waals surface area contributed by atoms with Crippen LogP contribution in [-0.2, 0) is 0 Å². The average Bonchev–Trinajstić information content (AvgIpc) is 3.07. The molecule has 0 spiro atoms. The van der Waals surface area contributed by atoms with Crippen LogP contribution in [0, 0.1) is 13.8 Å². The van der Waals surface area contributed by atoms with Gasteiger partial charge in [-0.1, -0.05) is 0 Å². The Bertz CT molecular complexity index is 1040. The van der Waals surface area contributed by atoms with Crippen molar-refractivity contribution >= 4 is 22.6 Å². The molecule has 0 amide bonds. The van der Waals surface area contributed by atoms with Gasteiger partial charge in [-0.25, -0.2) is 0 Å². The lowest BCUT2D eigenvalue weighted by Crippen LogP contribution is -1.96. The zero-order valence-electron chi connectivity index (χ0n) is 13.6. The van der Waals surface area contributed by atoms with E-state index in [1.165, 1.54) is 0 Å². The SMILES string of the molecule is Cc1cc(-c2ccncc2)cc(C)c1Oc1nc(Cl)nc2[nH]ncc12. The topological polar surface area (TPSA) is 76.6 Å². The third-order valence-electron chi connectivity index (χ3n) is 3.92. The van der Waals surface area contributed by atoms with Gasteiger partial charge >= 0.3 is 0 Å². The summed E-state index contributed by atoms with van der Waals surface area (Å²) in [5.74, 6) is 1.13. The van der Waals surface area contributed by atoms with Crippen molar-refractivity contribution in [2.45, 2.75) is 13.8 Å². The Balaban J connectivity index is 1.77. The molecule has 0 saturated heterocycles. The number of aromatic amines is 1. The molecule has 0 aliphatic heterocycles. The maximum absolute atomic E-state index is 6.08. The lowest BCUT2D eigenvalue weighted by molar-refractivity contribution is 0.461. The first-order valence-corrected chi connectivity index (χ1v) is 8.06. The third-order valence-corrected chi connectivity index (χ3v) is 4.09. The molecule has 0 bridgehead atoms. The van der Waals surface area contributed by atoms with Gasteiger partial charge in [0.1, 0.15) is 11.1 Å². The first-order chi connectivity index (χ1) is 12.1. The number of benzene rings is 1. The number of hydrogen-bond acceptors (Lipinski definition) is 5. The van der Waals surface area contributed by atoms with Crippen LogP contribution >= 0.6 is 11.6 Å². The molecule has 3 aromatic heterocycles.